The molecule has 0 saturated carbocycles. The van der Waals surface area contributed by atoms with Gasteiger partial charge in [-0.3, -0.25) is 4.79 Å². The van der Waals surface area contributed by atoms with Crippen LogP contribution in [0.4, 0.5) is 5.13 Å². The third-order valence-corrected chi connectivity index (χ3v) is 9.13. The number of carbonyl (C=O) groups excluding carboxylic acids is 1. The minimum atomic E-state index is 0.114. The molecule has 2 aliphatic heterocycles. The summed E-state index contributed by atoms with van der Waals surface area (Å²) in [6, 6.07) is 0.212. The Hall–Kier alpha value is -1.86. The fraction of sp³-hybridized carbons (Fsp3) is 0.692. The van der Waals surface area contributed by atoms with E-state index in [-0.39, 0.29) is 17.5 Å². The summed E-state index contributed by atoms with van der Waals surface area (Å²) in [6.45, 7) is 8.65. The highest BCUT2D eigenvalue weighted by atomic mass is 32.1. The molecule has 3 heterocycles. The van der Waals surface area contributed by atoms with Crippen LogP contribution in [0.2, 0.25) is 0 Å². The fourth-order valence-corrected chi connectivity index (χ4v) is 6.49. The van der Waals surface area contributed by atoms with Crippen molar-refractivity contribution in [2.24, 2.45) is 5.92 Å². The molecule has 1 aromatic rings. The van der Waals surface area contributed by atoms with Gasteiger partial charge in [-0.2, -0.15) is 0 Å². The molecule has 0 aromatic carbocycles. The molecule has 3 atom stereocenters. The lowest BCUT2D eigenvalue weighted by molar-refractivity contribution is 0.0723. The average molecular weight is 472 g/mol. The van der Waals surface area contributed by atoms with Gasteiger partial charge in [0.2, 0.25) is 0 Å². The Kier molecular flexibility index (Phi) is 7.49. The fourth-order valence-electron chi connectivity index (χ4n) is 5.54. The van der Waals surface area contributed by atoms with Crippen LogP contribution in [0.1, 0.15) is 62.0 Å². The van der Waals surface area contributed by atoms with E-state index in [2.05, 4.69) is 66.0 Å². The number of thiazole rings is 1. The summed E-state index contributed by atoms with van der Waals surface area (Å²) in [5.74, 6) is 0.569. The molecule has 1 saturated heterocycles. The number of rotatable bonds is 8. The van der Waals surface area contributed by atoms with Crippen molar-refractivity contribution >= 4 is 22.4 Å². The van der Waals surface area contributed by atoms with E-state index >= 15 is 0 Å². The zero-order valence-electron chi connectivity index (χ0n) is 21.1. The van der Waals surface area contributed by atoms with Crippen molar-refractivity contribution in [2.45, 2.75) is 64.0 Å². The largest absolute Gasteiger partial charge is 0.374 e. The Morgan fingerprint density at radius 2 is 2.06 bits per heavy atom. The standard InChI is InChI=1S/C26H41N5OS/c1-6-7-10-21(17-20-19-29(4)26(2)12-9-8-11-22(20)26)30(5)24(32)23-18-27-25(33-23)31-15-13-28(3)14-16-31/h8,11,18-19,21-22H,6-7,9-10,12-17H2,1-5H3. The third kappa shape index (κ3) is 4.99. The molecule has 182 valence electrons. The number of piperazine rings is 1. The molecule has 6 nitrogen and oxygen atoms in total. The number of nitrogens with zero attached hydrogens (tertiary/aromatic N) is 5. The second-order valence-electron chi connectivity index (χ2n) is 10.3. The van der Waals surface area contributed by atoms with Gasteiger partial charge >= 0.3 is 0 Å². The van der Waals surface area contributed by atoms with Crippen LogP contribution in [-0.2, 0) is 0 Å². The molecule has 0 N–H and O–H groups in total. The molecule has 4 rings (SSSR count). The van der Waals surface area contributed by atoms with Gasteiger partial charge in [-0.25, -0.2) is 4.98 Å². The second-order valence-corrected chi connectivity index (χ2v) is 11.3. The Balaban J connectivity index is 1.47. The van der Waals surface area contributed by atoms with Crippen LogP contribution in [0, 0.1) is 5.92 Å². The summed E-state index contributed by atoms with van der Waals surface area (Å²) < 4.78 is 0. The normalized spacial score (nSPS) is 26.3. The van der Waals surface area contributed by atoms with Gasteiger partial charge in [0.05, 0.1) is 6.20 Å². The van der Waals surface area contributed by atoms with Crippen LogP contribution in [0.25, 0.3) is 0 Å². The quantitative estimate of drug-likeness (QED) is 0.524. The second kappa shape index (κ2) is 10.2. The molecule has 1 fully saturated rings. The average Bonchev–Trinajstić information content (AvgIpc) is 3.39. The molecule has 1 aliphatic carbocycles. The van der Waals surface area contributed by atoms with Crippen LogP contribution in [0.15, 0.2) is 30.1 Å². The maximum absolute atomic E-state index is 13.5. The molecule has 3 aliphatic rings. The van der Waals surface area contributed by atoms with Crippen molar-refractivity contribution in [2.75, 3.05) is 52.2 Å². The monoisotopic (exact) mass is 471 g/mol. The van der Waals surface area contributed by atoms with Crippen molar-refractivity contribution in [1.29, 1.82) is 0 Å². The van der Waals surface area contributed by atoms with Gasteiger partial charge in [0.25, 0.3) is 5.91 Å². The molecule has 7 heteroatoms. The SMILES string of the molecule is CCCCC(CC1=CN(C)C2(C)CCC=CC12)N(C)C(=O)c1cnc(N2CCN(C)CC2)s1. The minimum absolute atomic E-state index is 0.114. The van der Waals surface area contributed by atoms with Crippen molar-refractivity contribution in [3.8, 4) is 0 Å². The van der Waals surface area contributed by atoms with E-state index in [1.807, 2.05) is 11.9 Å². The number of unbranched alkanes of at least 4 members (excludes halogenated alkanes) is 1. The molecular weight excluding hydrogens is 430 g/mol. The van der Waals surface area contributed by atoms with Crippen LogP contribution in [0.5, 0.6) is 0 Å². The highest BCUT2D eigenvalue weighted by Gasteiger charge is 2.44. The smallest absolute Gasteiger partial charge is 0.265 e. The summed E-state index contributed by atoms with van der Waals surface area (Å²) in [7, 11) is 6.36. The lowest BCUT2D eigenvalue weighted by Gasteiger charge is -2.40. The van der Waals surface area contributed by atoms with E-state index in [1.54, 1.807) is 17.5 Å². The summed E-state index contributed by atoms with van der Waals surface area (Å²) in [6.07, 6.45) is 15.5. The number of hydrogen-bond donors (Lipinski definition) is 0. The zero-order chi connectivity index (χ0) is 23.6. The number of aromatic nitrogens is 1. The summed E-state index contributed by atoms with van der Waals surface area (Å²) in [4.78, 5) is 27.9. The van der Waals surface area contributed by atoms with Gasteiger partial charge in [-0.05, 0) is 51.4 Å². The lowest BCUT2D eigenvalue weighted by atomic mass is 9.74. The van der Waals surface area contributed by atoms with E-state index in [1.165, 1.54) is 12.0 Å². The van der Waals surface area contributed by atoms with Crippen LogP contribution in [0.3, 0.4) is 0 Å². The Morgan fingerprint density at radius 3 is 2.79 bits per heavy atom. The minimum Gasteiger partial charge on any atom is -0.374 e. The van der Waals surface area contributed by atoms with E-state index in [4.69, 9.17) is 0 Å². The summed E-state index contributed by atoms with van der Waals surface area (Å²) in [5, 5.41) is 0.980. The first-order valence-electron chi connectivity index (χ1n) is 12.6. The van der Waals surface area contributed by atoms with E-state index in [0.29, 0.717) is 5.92 Å². The highest BCUT2D eigenvalue weighted by Crippen LogP contribution is 2.45. The van der Waals surface area contributed by atoms with Crippen LogP contribution < -0.4 is 4.90 Å². The molecule has 0 spiro atoms. The van der Waals surface area contributed by atoms with E-state index in [9.17, 15) is 4.79 Å². The number of hydrogen-bond acceptors (Lipinski definition) is 6. The number of amides is 1. The maximum atomic E-state index is 13.5. The third-order valence-electron chi connectivity index (χ3n) is 8.09. The number of fused-ring (bicyclic) bond motifs is 1. The molecule has 1 aromatic heterocycles. The molecule has 1 amide bonds. The first-order valence-corrected chi connectivity index (χ1v) is 13.4. The number of anilines is 1. The molecule has 33 heavy (non-hydrogen) atoms. The Morgan fingerprint density at radius 1 is 1.30 bits per heavy atom. The zero-order valence-corrected chi connectivity index (χ0v) is 21.9. The first-order chi connectivity index (χ1) is 15.8. The van der Waals surface area contributed by atoms with Crippen LogP contribution in [-0.4, -0.2) is 84.5 Å². The molecule has 0 radical (unpaired) electrons. The first kappa shape index (κ1) is 24.3. The Labute approximate surface area is 203 Å². The number of likely N-dealkylation sites (N-methyl/N-ethyl adjacent to an activating group) is 1. The molecular formula is C26H41N5OS. The predicted octanol–water partition coefficient (Wildman–Crippen LogP) is 4.47. The van der Waals surface area contributed by atoms with Gasteiger partial charge in [0.1, 0.15) is 4.88 Å². The van der Waals surface area contributed by atoms with Crippen molar-refractivity contribution in [1.82, 2.24) is 19.7 Å². The van der Waals surface area contributed by atoms with Gasteiger partial charge in [-0.1, -0.05) is 43.3 Å². The van der Waals surface area contributed by atoms with Crippen molar-refractivity contribution in [3.05, 3.63) is 35.0 Å². The highest BCUT2D eigenvalue weighted by molar-refractivity contribution is 7.17. The van der Waals surface area contributed by atoms with Gasteiger partial charge in [0.15, 0.2) is 5.13 Å². The van der Waals surface area contributed by atoms with Crippen LogP contribution >= 0.6 is 11.3 Å². The van der Waals surface area contributed by atoms with Gasteiger partial charge in [0, 0.05) is 57.8 Å². The van der Waals surface area contributed by atoms with Gasteiger partial charge in [-0.15, -0.1) is 0 Å². The predicted molar refractivity (Wildman–Crippen MR) is 138 cm³/mol. The van der Waals surface area contributed by atoms with E-state index < -0.39 is 0 Å². The summed E-state index contributed by atoms with van der Waals surface area (Å²) >= 11 is 1.55. The molecule has 3 unspecified atom stereocenters. The van der Waals surface area contributed by atoms with E-state index in [0.717, 1.165) is 68.3 Å². The Bertz CT molecular complexity index is 887. The number of carbonyl (C=O) groups is 1. The van der Waals surface area contributed by atoms with Crippen molar-refractivity contribution < 1.29 is 4.79 Å². The number of allylic oxidation sites excluding steroid dienone is 1. The summed E-state index contributed by atoms with van der Waals surface area (Å²) in [5.41, 5.74) is 1.65. The van der Waals surface area contributed by atoms with Gasteiger partial charge < -0.3 is 19.6 Å². The molecule has 0 bridgehead atoms. The lowest BCUT2D eigenvalue weighted by Crippen LogP contribution is -2.44. The van der Waals surface area contributed by atoms with Crippen molar-refractivity contribution in [3.63, 3.8) is 0 Å². The maximum Gasteiger partial charge on any atom is 0.265 e. The topological polar surface area (TPSA) is 42.9 Å².